The topological polar surface area (TPSA) is 78.9 Å². The second kappa shape index (κ2) is 4.42. The second-order valence-electron chi connectivity index (χ2n) is 4.10. The van der Waals surface area contributed by atoms with Gasteiger partial charge in [-0.2, -0.15) is 0 Å². The van der Waals surface area contributed by atoms with Crippen molar-refractivity contribution in [2.45, 2.75) is 38.5 Å². The largest absolute Gasteiger partial charge is 0.475 e. The molecule has 1 saturated carbocycles. The molecule has 1 aromatic heterocycles. The summed E-state index contributed by atoms with van der Waals surface area (Å²) in [6.07, 6.45) is 7.18. The van der Waals surface area contributed by atoms with Crippen LogP contribution in [0, 0.1) is 5.92 Å². The lowest BCUT2D eigenvalue weighted by Crippen LogP contribution is -2.00. The minimum absolute atomic E-state index is 0.128. The third-order valence-electron chi connectivity index (χ3n) is 2.99. The van der Waals surface area contributed by atoms with E-state index in [0.29, 0.717) is 5.82 Å². The van der Waals surface area contributed by atoms with Crippen LogP contribution < -0.4 is 0 Å². The number of aromatic nitrogens is 3. The maximum absolute atomic E-state index is 10.5. The molecule has 0 atom stereocenters. The van der Waals surface area contributed by atoms with Crippen LogP contribution in [-0.4, -0.2) is 26.3 Å². The molecule has 2 rings (SSSR count). The maximum atomic E-state index is 10.5. The molecule has 0 saturated heterocycles. The first-order valence-corrected chi connectivity index (χ1v) is 5.40. The van der Waals surface area contributed by atoms with Gasteiger partial charge in [-0.15, -0.1) is 5.10 Å². The highest BCUT2D eigenvalue weighted by atomic mass is 16.4. The molecule has 2 N–H and O–H groups in total. The highest BCUT2D eigenvalue weighted by Crippen LogP contribution is 2.28. The van der Waals surface area contributed by atoms with Crippen molar-refractivity contribution in [1.29, 1.82) is 0 Å². The van der Waals surface area contributed by atoms with E-state index in [2.05, 4.69) is 15.2 Å². The molecule has 1 fully saturated rings. The Balaban J connectivity index is 1.84. The fraction of sp³-hybridized carbons (Fsp3) is 0.700. The number of nitrogens with zero attached hydrogens (tertiary/aromatic N) is 2. The average molecular weight is 209 g/mol. The summed E-state index contributed by atoms with van der Waals surface area (Å²) in [6.45, 7) is 0. The van der Waals surface area contributed by atoms with Gasteiger partial charge in [0.1, 0.15) is 5.82 Å². The quantitative estimate of drug-likeness (QED) is 0.789. The van der Waals surface area contributed by atoms with Crippen molar-refractivity contribution in [3.8, 4) is 0 Å². The summed E-state index contributed by atoms with van der Waals surface area (Å²) >= 11 is 0. The molecule has 1 aromatic rings. The van der Waals surface area contributed by atoms with E-state index in [1.807, 2.05) is 0 Å². The highest BCUT2D eigenvalue weighted by Gasteiger charge is 2.16. The predicted molar refractivity (Wildman–Crippen MR) is 53.6 cm³/mol. The third-order valence-corrected chi connectivity index (χ3v) is 2.99. The van der Waals surface area contributed by atoms with Crippen molar-refractivity contribution in [1.82, 2.24) is 15.2 Å². The van der Waals surface area contributed by atoms with E-state index < -0.39 is 5.97 Å². The van der Waals surface area contributed by atoms with Crippen LogP contribution in [0.4, 0.5) is 0 Å². The Morgan fingerprint density at radius 1 is 1.47 bits per heavy atom. The molecule has 15 heavy (non-hydrogen) atoms. The Bertz CT molecular complexity index is 342. The van der Waals surface area contributed by atoms with E-state index in [0.717, 1.165) is 18.8 Å². The number of carboxylic acid groups (broad SMARTS) is 1. The van der Waals surface area contributed by atoms with Crippen LogP contribution >= 0.6 is 0 Å². The molecular weight excluding hydrogens is 194 g/mol. The van der Waals surface area contributed by atoms with Crippen molar-refractivity contribution in [3.63, 3.8) is 0 Å². The molecule has 0 spiro atoms. The van der Waals surface area contributed by atoms with Gasteiger partial charge in [0.15, 0.2) is 0 Å². The van der Waals surface area contributed by atoms with Crippen LogP contribution in [-0.2, 0) is 6.42 Å². The van der Waals surface area contributed by atoms with E-state index in [9.17, 15) is 4.79 Å². The van der Waals surface area contributed by atoms with Crippen molar-refractivity contribution >= 4 is 5.97 Å². The number of aromatic amines is 1. The Hall–Kier alpha value is -1.39. The van der Waals surface area contributed by atoms with Gasteiger partial charge in [-0.05, 0) is 12.3 Å². The Morgan fingerprint density at radius 2 is 2.20 bits per heavy atom. The molecule has 1 aliphatic carbocycles. The van der Waals surface area contributed by atoms with Crippen LogP contribution in [0.25, 0.3) is 0 Å². The molecule has 0 unspecified atom stereocenters. The number of aromatic carboxylic acids is 1. The number of H-pyrrole nitrogens is 1. The van der Waals surface area contributed by atoms with Gasteiger partial charge in [0.2, 0.25) is 0 Å². The monoisotopic (exact) mass is 209 g/mol. The summed E-state index contributed by atoms with van der Waals surface area (Å²) in [5.74, 6) is 0.289. The van der Waals surface area contributed by atoms with Crippen molar-refractivity contribution in [3.05, 3.63) is 11.6 Å². The summed E-state index contributed by atoms with van der Waals surface area (Å²) in [5.41, 5.74) is 0. The normalized spacial score (nSPS) is 17.1. The molecule has 0 aromatic carbocycles. The number of carbonyl (C=O) groups is 1. The number of hydrogen-bond donors (Lipinski definition) is 2. The lowest BCUT2D eigenvalue weighted by Gasteiger charge is -2.05. The molecule has 0 radical (unpaired) electrons. The first-order valence-electron chi connectivity index (χ1n) is 5.40. The minimum atomic E-state index is -1.07. The van der Waals surface area contributed by atoms with Gasteiger partial charge in [0, 0.05) is 6.42 Å². The number of aryl methyl sites for hydroxylation is 1. The van der Waals surface area contributed by atoms with Crippen LogP contribution in [0.15, 0.2) is 0 Å². The molecule has 82 valence electrons. The van der Waals surface area contributed by atoms with Gasteiger partial charge < -0.3 is 5.11 Å². The van der Waals surface area contributed by atoms with Crippen LogP contribution in [0.3, 0.4) is 0 Å². The average Bonchev–Trinajstić information content (AvgIpc) is 2.86. The molecule has 5 heteroatoms. The third kappa shape index (κ3) is 2.55. The summed E-state index contributed by atoms with van der Waals surface area (Å²) in [4.78, 5) is 14.4. The lowest BCUT2D eigenvalue weighted by molar-refractivity contribution is 0.0684. The van der Waals surface area contributed by atoms with Crippen molar-refractivity contribution < 1.29 is 9.90 Å². The van der Waals surface area contributed by atoms with E-state index in [1.54, 1.807) is 0 Å². The first kappa shape index (κ1) is 10.1. The van der Waals surface area contributed by atoms with Crippen LogP contribution in [0.2, 0.25) is 0 Å². The molecule has 1 aliphatic rings. The molecule has 1 heterocycles. The van der Waals surface area contributed by atoms with E-state index in [1.165, 1.54) is 25.7 Å². The zero-order valence-electron chi connectivity index (χ0n) is 8.57. The van der Waals surface area contributed by atoms with E-state index in [4.69, 9.17) is 5.11 Å². The van der Waals surface area contributed by atoms with Gasteiger partial charge in [0.05, 0.1) is 0 Å². The van der Waals surface area contributed by atoms with Gasteiger partial charge in [-0.3, -0.25) is 5.10 Å². The zero-order valence-corrected chi connectivity index (χ0v) is 8.57. The summed E-state index contributed by atoms with van der Waals surface area (Å²) in [6, 6.07) is 0. The van der Waals surface area contributed by atoms with Crippen molar-refractivity contribution in [2.24, 2.45) is 5.92 Å². The number of hydrogen-bond acceptors (Lipinski definition) is 3. The van der Waals surface area contributed by atoms with Crippen LogP contribution in [0.5, 0.6) is 0 Å². The lowest BCUT2D eigenvalue weighted by atomic mass is 10.0. The number of nitrogens with one attached hydrogen (secondary N) is 1. The highest BCUT2D eigenvalue weighted by molar-refractivity contribution is 5.82. The van der Waals surface area contributed by atoms with Gasteiger partial charge in [-0.25, -0.2) is 9.78 Å². The minimum Gasteiger partial charge on any atom is -0.475 e. The van der Waals surface area contributed by atoms with Gasteiger partial charge in [0.25, 0.3) is 5.82 Å². The van der Waals surface area contributed by atoms with Gasteiger partial charge in [-0.1, -0.05) is 25.7 Å². The van der Waals surface area contributed by atoms with Gasteiger partial charge >= 0.3 is 5.97 Å². The maximum Gasteiger partial charge on any atom is 0.375 e. The standard InChI is InChI=1S/C10H15N3O2/c14-10(15)9-11-8(12-13-9)6-5-7-3-1-2-4-7/h7H,1-6H2,(H,14,15)(H,11,12,13). The zero-order chi connectivity index (χ0) is 10.7. The Morgan fingerprint density at radius 3 is 2.80 bits per heavy atom. The Kier molecular flexibility index (Phi) is 2.99. The molecule has 0 amide bonds. The number of rotatable bonds is 4. The molecule has 0 bridgehead atoms. The second-order valence-corrected chi connectivity index (χ2v) is 4.10. The van der Waals surface area contributed by atoms with Crippen molar-refractivity contribution in [2.75, 3.05) is 0 Å². The first-order chi connectivity index (χ1) is 7.25. The van der Waals surface area contributed by atoms with E-state index >= 15 is 0 Å². The fourth-order valence-corrected chi connectivity index (χ4v) is 2.14. The predicted octanol–water partition coefficient (Wildman–Crippen LogP) is 1.63. The Labute approximate surface area is 87.9 Å². The van der Waals surface area contributed by atoms with E-state index in [-0.39, 0.29) is 5.82 Å². The molecule has 0 aliphatic heterocycles. The number of carboxylic acids is 1. The summed E-state index contributed by atoms with van der Waals surface area (Å²) < 4.78 is 0. The van der Waals surface area contributed by atoms with Crippen LogP contribution in [0.1, 0.15) is 48.5 Å². The molecule has 5 nitrogen and oxygen atoms in total. The fourth-order valence-electron chi connectivity index (χ4n) is 2.14. The molecular formula is C10H15N3O2. The summed E-state index contributed by atoms with van der Waals surface area (Å²) in [5, 5.41) is 14.9. The smallest absolute Gasteiger partial charge is 0.375 e. The SMILES string of the molecule is O=C(O)c1n[nH]c(CCC2CCCC2)n1. The summed E-state index contributed by atoms with van der Waals surface area (Å²) in [7, 11) is 0.